The lowest BCUT2D eigenvalue weighted by atomic mass is 9.95. The molecule has 2 aromatic heterocycles. The van der Waals surface area contributed by atoms with Crippen LogP contribution in [0.3, 0.4) is 0 Å². The minimum atomic E-state index is -4.06. The molecule has 0 radical (unpaired) electrons. The predicted octanol–water partition coefficient (Wildman–Crippen LogP) is 4.70. The second-order valence-corrected chi connectivity index (χ2v) is 7.77. The van der Waals surface area contributed by atoms with E-state index in [1.165, 1.54) is 12.8 Å². The Labute approximate surface area is 157 Å². The van der Waals surface area contributed by atoms with E-state index < -0.39 is 12.1 Å². The summed E-state index contributed by atoms with van der Waals surface area (Å²) >= 11 is 0. The van der Waals surface area contributed by atoms with Gasteiger partial charge in [0, 0.05) is 30.4 Å². The van der Waals surface area contributed by atoms with Crippen molar-refractivity contribution in [3.8, 4) is 5.69 Å². The monoisotopic (exact) mass is 378 g/mol. The third-order valence-corrected chi connectivity index (χ3v) is 5.92. The quantitative estimate of drug-likeness (QED) is 0.773. The maximum absolute atomic E-state index is 12.9. The molecule has 0 unspecified atom stereocenters. The molecule has 27 heavy (non-hydrogen) atoms. The molecule has 3 heterocycles. The van der Waals surface area contributed by atoms with Crippen LogP contribution in [0.2, 0.25) is 0 Å². The number of hydrogen-bond acceptors (Lipinski definition) is 3. The third kappa shape index (κ3) is 4.18. The highest BCUT2D eigenvalue weighted by Gasteiger charge is 2.41. The van der Waals surface area contributed by atoms with Gasteiger partial charge in [0.2, 0.25) is 0 Å². The smallest absolute Gasteiger partial charge is 0.299 e. The van der Waals surface area contributed by atoms with E-state index in [-0.39, 0.29) is 12.8 Å². The van der Waals surface area contributed by atoms with Crippen molar-refractivity contribution in [3.05, 3.63) is 42.0 Å². The maximum Gasteiger partial charge on any atom is 0.391 e. The molecule has 1 saturated heterocycles. The molecule has 1 aliphatic heterocycles. The Morgan fingerprint density at radius 2 is 1.81 bits per heavy atom. The molecule has 1 saturated carbocycles. The second kappa shape index (κ2) is 7.62. The molecule has 0 amide bonds. The minimum absolute atomic E-state index is 0.193. The van der Waals surface area contributed by atoms with Crippen LogP contribution in [0.5, 0.6) is 0 Å². The van der Waals surface area contributed by atoms with Crippen LogP contribution in [-0.4, -0.2) is 38.9 Å². The summed E-state index contributed by atoms with van der Waals surface area (Å²) in [5, 5.41) is 4.85. The number of likely N-dealkylation sites (tertiary alicyclic amines) is 1. The van der Waals surface area contributed by atoms with E-state index in [0.717, 1.165) is 29.8 Å². The number of piperidine rings is 1. The highest BCUT2D eigenvalue weighted by atomic mass is 19.4. The van der Waals surface area contributed by atoms with Gasteiger partial charge in [-0.25, -0.2) is 4.68 Å². The molecule has 4 rings (SSSR count). The van der Waals surface area contributed by atoms with Crippen molar-refractivity contribution >= 4 is 0 Å². The van der Waals surface area contributed by atoms with Crippen molar-refractivity contribution in [2.75, 3.05) is 13.1 Å². The average molecular weight is 378 g/mol. The van der Waals surface area contributed by atoms with E-state index >= 15 is 0 Å². The van der Waals surface area contributed by atoms with Crippen LogP contribution in [0.15, 0.2) is 30.7 Å². The molecule has 2 aliphatic rings. The average Bonchev–Trinajstić information content (AvgIpc) is 3.32. The summed E-state index contributed by atoms with van der Waals surface area (Å²) in [7, 11) is 0. The van der Waals surface area contributed by atoms with E-state index in [1.54, 1.807) is 12.4 Å². The van der Waals surface area contributed by atoms with Gasteiger partial charge in [-0.05, 0) is 50.9 Å². The number of aromatic nitrogens is 3. The molecule has 146 valence electrons. The lowest BCUT2D eigenvalue weighted by Gasteiger charge is -2.32. The largest absolute Gasteiger partial charge is 0.391 e. The Morgan fingerprint density at radius 3 is 2.44 bits per heavy atom. The molecule has 4 nitrogen and oxygen atoms in total. The molecule has 0 bridgehead atoms. The molecule has 0 spiro atoms. The van der Waals surface area contributed by atoms with Gasteiger partial charge >= 0.3 is 6.18 Å². The highest BCUT2D eigenvalue weighted by Crippen LogP contribution is 2.37. The van der Waals surface area contributed by atoms with Gasteiger partial charge in [0.1, 0.15) is 0 Å². The number of halogens is 3. The van der Waals surface area contributed by atoms with E-state index in [1.807, 2.05) is 23.0 Å². The van der Waals surface area contributed by atoms with Crippen molar-refractivity contribution in [2.24, 2.45) is 5.92 Å². The molecule has 2 aromatic rings. The Morgan fingerprint density at radius 1 is 1.07 bits per heavy atom. The molecule has 2 fully saturated rings. The summed E-state index contributed by atoms with van der Waals surface area (Å²) in [4.78, 5) is 6.31. The molecule has 0 N–H and O–H groups in total. The van der Waals surface area contributed by atoms with Gasteiger partial charge in [0.15, 0.2) is 0 Å². The van der Waals surface area contributed by atoms with E-state index in [9.17, 15) is 13.2 Å². The number of alkyl halides is 3. The zero-order valence-electron chi connectivity index (χ0n) is 15.3. The van der Waals surface area contributed by atoms with Gasteiger partial charge in [-0.2, -0.15) is 18.3 Å². The number of hydrogen-bond donors (Lipinski definition) is 0. The van der Waals surface area contributed by atoms with Crippen molar-refractivity contribution in [1.82, 2.24) is 19.7 Å². The summed E-state index contributed by atoms with van der Waals surface area (Å²) in [6, 6.07) is 3.85. The third-order valence-electron chi connectivity index (χ3n) is 5.92. The number of nitrogens with zero attached hydrogens (tertiary/aromatic N) is 4. The first-order valence-electron chi connectivity index (χ1n) is 9.78. The topological polar surface area (TPSA) is 34.0 Å². The highest BCUT2D eigenvalue weighted by molar-refractivity contribution is 5.31. The van der Waals surface area contributed by atoms with Gasteiger partial charge < -0.3 is 0 Å². The van der Waals surface area contributed by atoms with Crippen LogP contribution < -0.4 is 0 Å². The zero-order valence-corrected chi connectivity index (χ0v) is 15.3. The molecule has 0 aromatic carbocycles. The molecule has 0 atom stereocenters. The Balaban J connectivity index is 1.52. The summed E-state index contributed by atoms with van der Waals surface area (Å²) in [5.74, 6) is -0.688. The van der Waals surface area contributed by atoms with Gasteiger partial charge in [-0.3, -0.25) is 9.88 Å². The van der Waals surface area contributed by atoms with Gasteiger partial charge in [-0.15, -0.1) is 0 Å². The maximum atomic E-state index is 12.9. The first-order chi connectivity index (χ1) is 13.0. The van der Waals surface area contributed by atoms with E-state index in [4.69, 9.17) is 5.10 Å². The summed E-state index contributed by atoms with van der Waals surface area (Å²) < 4.78 is 40.6. The van der Waals surface area contributed by atoms with Crippen LogP contribution in [0.1, 0.15) is 55.7 Å². The number of rotatable bonds is 4. The fourth-order valence-corrected chi connectivity index (χ4v) is 4.37. The summed E-state index contributed by atoms with van der Waals surface area (Å²) in [6.45, 7) is 1.66. The van der Waals surface area contributed by atoms with Crippen LogP contribution in [0, 0.1) is 5.92 Å². The van der Waals surface area contributed by atoms with Gasteiger partial charge in [-0.1, -0.05) is 12.8 Å². The van der Waals surface area contributed by atoms with Crippen LogP contribution in [0.4, 0.5) is 13.2 Å². The molecular weight excluding hydrogens is 353 g/mol. The van der Waals surface area contributed by atoms with Crippen molar-refractivity contribution in [3.63, 3.8) is 0 Å². The lowest BCUT2D eigenvalue weighted by molar-refractivity contribution is -0.185. The fraction of sp³-hybridized carbons (Fsp3) is 0.600. The fourth-order valence-electron chi connectivity index (χ4n) is 4.37. The normalized spacial score (nSPS) is 20.4. The standard InChI is InChI=1S/C20H25F3N4/c21-20(22,23)17-7-10-26(11-8-17)13-16-14-27(18-6-3-9-24-12-18)25-19(16)15-4-1-2-5-15/h3,6,9,12,14-15,17H,1-2,4-5,7-8,10-11,13H2. The van der Waals surface area contributed by atoms with Crippen molar-refractivity contribution in [2.45, 2.75) is 57.2 Å². The van der Waals surface area contributed by atoms with Crippen LogP contribution >= 0.6 is 0 Å². The summed E-state index contributed by atoms with van der Waals surface area (Å²) in [6.07, 6.45) is 6.62. The van der Waals surface area contributed by atoms with Crippen molar-refractivity contribution in [1.29, 1.82) is 0 Å². The molecular formula is C20H25F3N4. The van der Waals surface area contributed by atoms with Crippen molar-refractivity contribution < 1.29 is 13.2 Å². The minimum Gasteiger partial charge on any atom is -0.299 e. The molecule has 7 heteroatoms. The van der Waals surface area contributed by atoms with E-state index in [2.05, 4.69) is 9.88 Å². The number of pyridine rings is 1. The zero-order chi connectivity index (χ0) is 18.9. The predicted molar refractivity (Wildman–Crippen MR) is 96.6 cm³/mol. The van der Waals surface area contributed by atoms with Gasteiger partial charge in [0.25, 0.3) is 0 Å². The van der Waals surface area contributed by atoms with Gasteiger partial charge in [0.05, 0.1) is 23.5 Å². The van der Waals surface area contributed by atoms with Crippen LogP contribution in [-0.2, 0) is 6.54 Å². The Kier molecular flexibility index (Phi) is 5.21. The first kappa shape index (κ1) is 18.5. The summed E-state index contributed by atoms with van der Waals surface area (Å²) in [5.41, 5.74) is 3.18. The Bertz CT molecular complexity index is 742. The lowest BCUT2D eigenvalue weighted by Crippen LogP contribution is -2.38. The van der Waals surface area contributed by atoms with E-state index in [0.29, 0.717) is 25.6 Å². The second-order valence-electron chi connectivity index (χ2n) is 7.77. The molecule has 1 aliphatic carbocycles. The first-order valence-corrected chi connectivity index (χ1v) is 9.78. The SMILES string of the molecule is FC(F)(F)C1CCN(Cc2cn(-c3cccnc3)nc2C2CCCC2)CC1. The Hall–Kier alpha value is -1.89. The van der Waals surface area contributed by atoms with Crippen LogP contribution in [0.25, 0.3) is 5.69 Å².